The first-order valence-corrected chi connectivity index (χ1v) is 7.33. The number of benzene rings is 1. The lowest BCUT2D eigenvalue weighted by Gasteiger charge is -2.19. The Kier molecular flexibility index (Phi) is 4.84. The molecule has 0 aliphatic carbocycles. The van der Waals surface area contributed by atoms with Crippen LogP contribution in [0.4, 0.5) is 0 Å². The molecule has 0 amide bonds. The summed E-state index contributed by atoms with van der Waals surface area (Å²) in [6.45, 7) is 8.50. The third kappa shape index (κ3) is 3.54. The smallest absolute Gasteiger partial charge is 0.235 e. The van der Waals surface area contributed by atoms with Crippen molar-refractivity contribution in [3.05, 3.63) is 53.5 Å². The number of ether oxygens (including phenoxy) is 1. The number of furan rings is 1. The summed E-state index contributed by atoms with van der Waals surface area (Å²) in [4.78, 5) is 12.0. The van der Waals surface area contributed by atoms with E-state index in [1.54, 1.807) is 12.1 Å². The van der Waals surface area contributed by atoms with E-state index < -0.39 is 0 Å². The van der Waals surface area contributed by atoms with Crippen LogP contribution in [-0.4, -0.2) is 12.4 Å². The highest BCUT2D eigenvalue weighted by molar-refractivity contribution is 5.94. The maximum Gasteiger partial charge on any atom is 0.235 e. The van der Waals surface area contributed by atoms with Crippen LogP contribution in [0.2, 0.25) is 0 Å². The molecule has 1 heterocycles. The van der Waals surface area contributed by atoms with Gasteiger partial charge in [0.1, 0.15) is 5.75 Å². The first-order chi connectivity index (χ1) is 10.0. The van der Waals surface area contributed by atoms with Crippen LogP contribution < -0.4 is 4.74 Å². The fourth-order valence-electron chi connectivity index (χ4n) is 2.30. The average molecular weight is 286 g/mol. The van der Waals surface area contributed by atoms with E-state index in [-0.39, 0.29) is 12.4 Å². The Labute approximate surface area is 125 Å². The lowest BCUT2D eigenvalue weighted by atomic mass is 9.94. The van der Waals surface area contributed by atoms with Crippen molar-refractivity contribution in [1.29, 1.82) is 0 Å². The monoisotopic (exact) mass is 286 g/mol. The Morgan fingerprint density at radius 1 is 1.05 bits per heavy atom. The van der Waals surface area contributed by atoms with Crippen LogP contribution in [0.25, 0.3) is 0 Å². The van der Waals surface area contributed by atoms with Crippen molar-refractivity contribution >= 4 is 5.78 Å². The highest BCUT2D eigenvalue weighted by Crippen LogP contribution is 2.34. The highest BCUT2D eigenvalue weighted by Gasteiger charge is 2.17. The van der Waals surface area contributed by atoms with Gasteiger partial charge in [-0.1, -0.05) is 45.9 Å². The number of hydrogen-bond acceptors (Lipinski definition) is 3. The molecule has 21 heavy (non-hydrogen) atoms. The minimum Gasteiger partial charge on any atom is -0.485 e. The molecule has 0 bridgehead atoms. The molecule has 3 heteroatoms. The summed E-state index contributed by atoms with van der Waals surface area (Å²) in [5, 5.41) is 0. The maximum absolute atomic E-state index is 12.0. The average Bonchev–Trinajstić information content (AvgIpc) is 2.98. The summed E-state index contributed by atoms with van der Waals surface area (Å²) in [7, 11) is 0. The van der Waals surface area contributed by atoms with E-state index >= 15 is 0 Å². The minimum absolute atomic E-state index is 0.00301. The topological polar surface area (TPSA) is 39.4 Å². The van der Waals surface area contributed by atoms with Crippen molar-refractivity contribution < 1.29 is 13.9 Å². The molecule has 0 unspecified atom stereocenters. The molecular formula is C18H22O3. The van der Waals surface area contributed by atoms with Gasteiger partial charge in [-0.3, -0.25) is 4.79 Å². The molecule has 0 saturated heterocycles. The molecule has 0 saturated carbocycles. The number of carbonyl (C=O) groups excluding carboxylic acids is 1. The standard InChI is InChI=1S/C18H22O3/c1-12(2)14-7-5-8-15(13(3)4)18(14)21-11-16(19)17-9-6-10-20-17/h5-10,12-13H,11H2,1-4H3. The number of Topliss-reactive ketones (excluding diaryl/α,β-unsaturated/α-hetero) is 1. The zero-order valence-corrected chi connectivity index (χ0v) is 13.1. The van der Waals surface area contributed by atoms with Crippen LogP contribution in [0.1, 0.15) is 61.2 Å². The molecule has 0 N–H and O–H groups in total. The summed E-state index contributed by atoms with van der Waals surface area (Å²) < 4.78 is 11.0. The van der Waals surface area contributed by atoms with Gasteiger partial charge in [0.05, 0.1) is 6.26 Å². The molecule has 0 radical (unpaired) electrons. The largest absolute Gasteiger partial charge is 0.485 e. The molecule has 0 aliphatic heterocycles. The molecule has 0 fully saturated rings. The molecule has 0 spiro atoms. The fourth-order valence-corrected chi connectivity index (χ4v) is 2.30. The second-order valence-electron chi connectivity index (χ2n) is 5.76. The Balaban J connectivity index is 2.23. The van der Waals surface area contributed by atoms with E-state index in [0.717, 1.165) is 16.9 Å². The predicted molar refractivity (Wildman–Crippen MR) is 83.2 cm³/mol. The second kappa shape index (κ2) is 6.61. The summed E-state index contributed by atoms with van der Waals surface area (Å²) >= 11 is 0. The normalized spacial score (nSPS) is 11.1. The van der Waals surface area contributed by atoms with Gasteiger partial charge >= 0.3 is 0 Å². The van der Waals surface area contributed by atoms with E-state index in [4.69, 9.17) is 9.15 Å². The van der Waals surface area contributed by atoms with E-state index in [1.807, 2.05) is 6.07 Å². The van der Waals surface area contributed by atoms with E-state index in [1.165, 1.54) is 6.26 Å². The van der Waals surface area contributed by atoms with Crippen molar-refractivity contribution in [1.82, 2.24) is 0 Å². The summed E-state index contributed by atoms with van der Waals surface area (Å²) in [6.07, 6.45) is 1.49. The Hall–Kier alpha value is -2.03. The maximum atomic E-state index is 12.0. The Morgan fingerprint density at radius 3 is 2.14 bits per heavy atom. The highest BCUT2D eigenvalue weighted by atomic mass is 16.5. The number of hydrogen-bond donors (Lipinski definition) is 0. The lowest BCUT2D eigenvalue weighted by molar-refractivity contribution is 0.0892. The van der Waals surface area contributed by atoms with Gasteiger partial charge in [-0.25, -0.2) is 0 Å². The van der Waals surface area contributed by atoms with Crippen molar-refractivity contribution in [2.45, 2.75) is 39.5 Å². The second-order valence-corrected chi connectivity index (χ2v) is 5.76. The van der Waals surface area contributed by atoms with E-state index in [0.29, 0.717) is 17.6 Å². The van der Waals surface area contributed by atoms with Gasteiger partial charge in [-0.15, -0.1) is 0 Å². The number of ketones is 1. The first kappa shape index (κ1) is 15.4. The van der Waals surface area contributed by atoms with Gasteiger partial charge in [0, 0.05) is 0 Å². The molecule has 112 valence electrons. The van der Waals surface area contributed by atoms with Crippen LogP contribution in [0.5, 0.6) is 5.75 Å². The molecule has 3 nitrogen and oxygen atoms in total. The van der Waals surface area contributed by atoms with Gasteiger partial charge < -0.3 is 9.15 Å². The molecule has 1 aromatic carbocycles. The van der Waals surface area contributed by atoms with Crippen LogP contribution in [0, 0.1) is 0 Å². The third-order valence-electron chi connectivity index (χ3n) is 3.46. The first-order valence-electron chi connectivity index (χ1n) is 7.33. The van der Waals surface area contributed by atoms with Crippen molar-refractivity contribution in [2.24, 2.45) is 0 Å². The summed E-state index contributed by atoms with van der Waals surface area (Å²) in [5.41, 5.74) is 2.27. The van der Waals surface area contributed by atoms with Crippen molar-refractivity contribution in [3.63, 3.8) is 0 Å². The quantitative estimate of drug-likeness (QED) is 0.717. The van der Waals surface area contributed by atoms with Gasteiger partial charge in [-0.2, -0.15) is 0 Å². The van der Waals surface area contributed by atoms with Gasteiger partial charge in [0.2, 0.25) is 5.78 Å². The van der Waals surface area contributed by atoms with Crippen LogP contribution >= 0.6 is 0 Å². The lowest BCUT2D eigenvalue weighted by Crippen LogP contribution is -2.13. The zero-order valence-electron chi connectivity index (χ0n) is 13.1. The summed E-state index contributed by atoms with van der Waals surface area (Å²) in [5.74, 6) is 1.72. The van der Waals surface area contributed by atoms with E-state index in [9.17, 15) is 4.79 Å². The van der Waals surface area contributed by atoms with Gasteiger partial charge in [-0.05, 0) is 35.1 Å². The predicted octanol–water partition coefficient (Wildman–Crippen LogP) is 4.79. The molecule has 2 rings (SSSR count). The Bertz CT molecular complexity index is 569. The SMILES string of the molecule is CC(C)c1cccc(C(C)C)c1OCC(=O)c1ccco1. The summed E-state index contributed by atoms with van der Waals surface area (Å²) in [6, 6.07) is 9.52. The van der Waals surface area contributed by atoms with Crippen LogP contribution in [-0.2, 0) is 0 Å². The fraction of sp³-hybridized carbons (Fsp3) is 0.389. The molecule has 1 aromatic heterocycles. The number of para-hydroxylation sites is 1. The van der Waals surface area contributed by atoms with Crippen LogP contribution in [0.15, 0.2) is 41.0 Å². The molecule has 2 aromatic rings. The van der Waals surface area contributed by atoms with Crippen molar-refractivity contribution in [2.75, 3.05) is 6.61 Å². The zero-order chi connectivity index (χ0) is 15.4. The number of rotatable bonds is 6. The molecule has 0 atom stereocenters. The number of carbonyl (C=O) groups is 1. The van der Waals surface area contributed by atoms with Crippen LogP contribution in [0.3, 0.4) is 0 Å². The van der Waals surface area contributed by atoms with E-state index in [2.05, 4.69) is 39.8 Å². The van der Waals surface area contributed by atoms with Crippen molar-refractivity contribution in [3.8, 4) is 5.75 Å². The molecular weight excluding hydrogens is 264 g/mol. The third-order valence-corrected chi connectivity index (χ3v) is 3.46. The molecule has 0 aliphatic rings. The minimum atomic E-state index is -0.145. The Morgan fingerprint density at radius 2 is 1.67 bits per heavy atom. The van der Waals surface area contributed by atoms with Gasteiger partial charge in [0.15, 0.2) is 12.4 Å². The van der Waals surface area contributed by atoms with Gasteiger partial charge in [0.25, 0.3) is 0 Å².